The van der Waals surface area contributed by atoms with Gasteiger partial charge in [-0.05, 0) is 25.7 Å². The van der Waals surface area contributed by atoms with Crippen LogP contribution >= 0.6 is 11.6 Å². The summed E-state index contributed by atoms with van der Waals surface area (Å²) < 4.78 is 7.73. The lowest BCUT2D eigenvalue weighted by molar-refractivity contribution is -0.134. The monoisotopic (exact) mass is 346 g/mol. The molecule has 1 amide bonds. The highest BCUT2D eigenvalue weighted by molar-refractivity contribution is 6.32. The first-order valence-corrected chi connectivity index (χ1v) is 8.85. The van der Waals surface area contributed by atoms with Crippen molar-refractivity contribution in [1.29, 1.82) is 0 Å². The zero-order valence-corrected chi connectivity index (χ0v) is 14.2. The van der Waals surface area contributed by atoms with Crippen molar-refractivity contribution in [2.45, 2.75) is 43.7 Å². The van der Waals surface area contributed by atoms with Gasteiger partial charge in [-0.25, -0.2) is 9.97 Å². The molecule has 3 aliphatic rings. The molecule has 3 atom stereocenters. The number of halogens is 1. The molecule has 6 nitrogen and oxygen atoms in total. The summed E-state index contributed by atoms with van der Waals surface area (Å²) in [4.78, 5) is 23.7. The lowest BCUT2D eigenvalue weighted by Crippen LogP contribution is -2.44. The second kappa shape index (κ2) is 4.92. The Labute approximate surface area is 144 Å². The van der Waals surface area contributed by atoms with E-state index in [1.54, 1.807) is 19.5 Å². The fourth-order valence-electron chi connectivity index (χ4n) is 4.76. The van der Waals surface area contributed by atoms with Gasteiger partial charge in [0.15, 0.2) is 5.15 Å². The maximum absolute atomic E-state index is 12.9. The highest BCUT2D eigenvalue weighted by Crippen LogP contribution is 2.58. The molecule has 7 heteroatoms. The van der Waals surface area contributed by atoms with Gasteiger partial charge in [0.2, 0.25) is 5.91 Å². The first kappa shape index (κ1) is 14.7. The number of carbonyl (C=O) groups is 1. The largest absolute Gasteiger partial charge is 0.378 e. The predicted octanol–water partition coefficient (Wildman–Crippen LogP) is 2.27. The number of methoxy groups -OCH3 is 1. The molecule has 24 heavy (non-hydrogen) atoms. The van der Waals surface area contributed by atoms with Crippen LogP contribution in [0.15, 0.2) is 18.6 Å². The topological polar surface area (TPSA) is 59.7 Å². The Kier molecular flexibility index (Phi) is 3.01. The SMILES string of the molecule is COC1[C@@H]2CCC(c3ncc4c(Cl)nccn34)CN2C(=O)C12CC2. The van der Waals surface area contributed by atoms with Gasteiger partial charge < -0.3 is 9.64 Å². The smallest absolute Gasteiger partial charge is 0.231 e. The van der Waals surface area contributed by atoms with Crippen LogP contribution in [-0.2, 0) is 9.53 Å². The normalized spacial score (nSPS) is 31.0. The molecule has 2 aliphatic heterocycles. The van der Waals surface area contributed by atoms with E-state index in [0.717, 1.165) is 37.0 Å². The van der Waals surface area contributed by atoms with E-state index in [-0.39, 0.29) is 29.4 Å². The number of piperidine rings is 1. The number of rotatable bonds is 2. The minimum atomic E-state index is -0.226. The minimum Gasteiger partial charge on any atom is -0.378 e. The molecular weight excluding hydrogens is 328 g/mol. The molecule has 0 N–H and O–H groups in total. The van der Waals surface area contributed by atoms with E-state index in [4.69, 9.17) is 16.3 Å². The molecule has 2 aromatic heterocycles. The van der Waals surface area contributed by atoms with Crippen molar-refractivity contribution in [2.75, 3.05) is 13.7 Å². The third kappa shape index (κ3) is 1.78. The fourth-order valence-corrected chi connectivity index (χ4v) is 4.96. The average molecular weight is 347 g/mol. The van der Waals surface area contributed by atoms with E-state index in [1.165, 1.54) is 0 Å². The fraction of sp³-hybridized carbons (Fsp3) is 0.588. The number of amides is 1. The Morgan fingerprint density at radius 2 is 2.17 bits per heavy atom. The van der Waals surface area contributed by atoms with Crippen molar-refractivity contribution in [3.05, 3.63) is 29.6 Å². The maximum Gasteiger partial charge on any atom is 0.231 e. The molecule has 3 fully saturated rings. The van der Waals surface area contributed by atoms with Gasteiger partial charge in [0, 0.05) is 32.0 Å². The van der Waals surface area contributed by atoms with Crippen molar-refractivity contribution in [3.8, 4) is 0 Å². The highest BCUT2D eigenvalue weighted by Gasteiger charge is 2.67. The minimum absolute atomic E-state index is 0.0570. The van der Waals surface area contributed by atoms with Crippen molar-refractivity contribution in [3.63, 3.8) is 0 Å². The van der Waals surface area contributed by atoms with Gasteiger partial charge in [-0.15, -0.1) is 0 Å². The molecular formula is C17H19ClN4O2. The summed E-state index contributed by atoms with van der Waals surface area (Å²) >= 11 is 6.15. The lowest BCUT2D eigenvalue weighted by Gasteiger charge is -2.36. The second-order valence-corrected chi connectivity index (χ2v) is 7.56. The van der Waals surface area contributed by atoms with E-state index in [9.17, 15) is 4.79 Å². The van der Waals surface area contributed by atoms with Crippen molar-refractivity contribution < 1.29 is 9.53 Å². The molecule has 1 saturated carbocycles. The first-order chi connectivity index (χ1) is 11.7. The zero-order valence-electron chi connectivity index (χ0n) is 13.5. The number of carbonyl (C=O) groups excluding carboxylic acids is 1. The van der Waals surface area contributed by atoms with Gasteiger partial charge in [-0.1, -0.05) is 11.6 Å². The molecule has 2 saturated heterocycles. The number of hydrogen-bond acceptors (Lipinski definition) is 4. The Bertz CT molecular complexity index is 831. The molecule has 2 aromatic rings. The van der Waals surface area contributed by atoms with Crippen LogP contribution in [0.3, 0.4) is 0 Å². The summed E-state index contributed by atoms with van der Waals surface area (Å²) in [6.07, 6.45) is 9.30. The number of ether oxygens (including phenoxy) is 1. The van der Waals surface area contributed by atoms with Gasteiger partial charge in [0.1, 0.15) is 11.3 Å². The third-order valence-electron chi connectivity index (χ3n) is 6.06. The Morgan fingerprint density at radius 1 is 1.33 bits per heavy atom. The van der Waals surface area contributed by atoms with Crippen LogP contribution in [0.2, 0.25) is 5.15 Å². The molecule has 1 spiro atoms. The number of fused-ring (bicyclic) bond motifs is 2. The number of hydrogen-bond donors (Lipinski definition) is 0. The van der Waals surface area contributed by atoms with Crippen molar-refractivity contribution in [1.82, 2.24) is 19.3 Å². The molecule has 126 valence electrons. The Hall–Kier alpha value is -1.66. The third-order valence-corrected chi connectivity index (χ3v) is 6.35. The van der Waals surface area contributed by atoms with Crippen LogP contribution in [-0.4, -0.2) is 51.0 Å². The number of imidazole rings is 1. The van der Waals surface area contributed by atoms with Gasteiger partial charge in [0.25, 0.3) is 0 Å². The molecule has 0 aromatic carbocycles. The summed E-state index contributed by atoms with van der Waals surface area (Å²) in [6, 6.07) is 0.220. The summed E-state index contributed by atoms with van der Waals surface area (Å²) in [7, 11) is 1.74. The van der Waals surface area contributed by atoms with E-state index < -0.39 is 0 Å². The van der Waals surface area contributed by atoms with Gasteiger partial charge in [-0.2, -0.15) is 0 Å². The summed E-state index contributed by atoms with van der Waals surface area (Å²) in [5.41, 5.74) is 0.591. The second-order valence-electron chi connectivity index (χ2n) is 7.20. The lowest BCUT2D eigenvalue weighted by atomic mass is 9.89. The molecule has 0 radical (unpaired) electrons. The Balaban J connectivity index is 1.48. The van der Waals surface area contributed by atoms with Crippen molar-refractivity contribution in [2.24, 2.45) is 5.41 Å². The molecule has 4 heterocycles. The van der Waals surface area contributed by atoms with Crippen molar-refractivity contribution >= 4 is 23.0 Å². The van der Waals surface area contributed by atoms with Crippen LogP contribution in [0.25, 0.3) is 5.52 Å². The van der Waals surface area contributed by atoms with E-state index in [1.807, 2.05) is 10.6 Å². The molecule has 0 bridgehead atoms. The zero-order chi connectivity index (χ0) is 16.5. The van der Waals surface area contributed by atoms with Crippen LogP contribution in [0.1, 0.15) is 37.4 Å². The quantitative estimate of drug-likeness (QED) is 0.837. The Morgan fingerprint density at radius 3 is 2.92 bits per heavy atom. The van der Waals surface area contributed by atoms with Crippen LogP contribution in [0.4, 0.5) is 0 Å². The van der Waals surface area contributed by atoms with Crippen LogP contribution < -0.4 is 0 Å². The molecule has 2 unspecified atom stereocenters. The average Bonchev–Trinajstić information content (AvgIpc) is 3.20. The van der Waals surface area contributed by atoms with Gasteiger partial charge >= 0.3 is 0 Å². The summed E-state index contributed by atoms with van der Waals surface area (Å²) in [5, 5.41) is 0.457. The summed E-state index contributed by atoms with van der Waals surface area (Å²) in [5.74, 6) is 1.47. The standard InChI is InChI=1S/C17H19ClN4O2/c1-24-13-11-3-2-10(9-22(11)16(23)17(13)4-5-17)15-20-8-12-14(18)19-6-7-21(12)15/h6-8,10-11,13H,2-5,9H2,1H3/t10?,11-,13?/m0/s1. The predicted molar refractivity (Wildman–Crippen MR) is 87.9 cm³/mol. The van der Waals surface area contributed by atoms with E-state index in [2.05, 4.69) is 14.9 Å². The van der Waals surface area contributed by atoms with Crippen LogP contribution in [0, 0.1) is 5.41 Å². The first-order valence-electron chi connectivity index (χ1n) is 8.47. The van der Waals surface area contributed by atoms with E-state index >= 15 is 0 Å². The summed E-state index contributed by atoms with van der Waals surface area (Å²) in [6.45, 7) is 0.712. The molecule has 1 aliphatic carbocycles. The van der Waals surface area contributed by atoms with Gasteiger partial charge in [-0.3, -0.25) is 9.20 Å². The highest BCUT2D eigenvalue weighted by atomic mass is 35.5. The van der Waals surface area contributed by atoms with Crippen LogP contribution in [0.5, 0.6) is 0 Å². The maximum atomic E-state index is 12.9. The van der Waals surface area contributed by atoms with E-state index in [0.29, 0.717) is 11.7 Å². The number of aromatic nitrogens is 3. The van der Waals surface area contributed by atoms with Gasteiger partial charge in [0.05, 0.1) is 23.8 Å². The number of nitrogens with zero attached hydrogens (tertiary/aromatic N) is 4. The molecule has 5 rings (SSSR count).